The lowest BCUT2D eigenvalue weighted by molar-refractivity contribution is 0.0960. The first-order valence-electron chi connectivity index (χ1n) is 6.10. The number of hydrogen-bond acceptors (Lipinski definition) is 2. The molecular formula is C14H17ClO2. The first kappa shape index (κ1) is 12.4. The van der Waals surface area contributed by atoms with E-state index in [0.29, 0.717) is 29.5 Å². The molecule has 1 aromatic carbocycles. The largest absolute Gasteiger partial charge is 0.492 e. The molecule has 17 heavy (non-hydrogen) atoms. The van der Waals surface area contributed by atoms with E-state index in [1.165, 1.54) is 0 Å². The molecule has 1 heterocycles. The fourth-order valence-corrected chi connectivity index (χ4v) is 2.29. The molecule has 0 radical (unpaired) electrons. The monoisotopic (exact) mass is 252 g/mol. The summed E-state index contributed by atoms with van der Waals surface area (Å²) < 4.78 is 5.54. The molecule has 0 aliphatic carbocycles. The second-order valence-corrected chi connectivity index (χ2v) is 5.12. The van der Waals surface area contributed by atoms with E-state index in [4.69, 9.17) is 16.3 Å². The topological polar surface area (TPSA) is 26.3 Å². The normalized spacial score (nSPS) is 15.2. The van der Waals surface area contributed by atoms with Crippen molar-refractivity contribution in [1.29, 1.82) is 0 Å². The average molecular weight is 253 g/mol. The van der Waals surface area contributed by atoms with Crippen LogP contribution in [-0.4, -0.2) is 12.4 Å². The lowest BCUT2D eigenvalue weighted by atomic mass is 9.96. The molecule has 0 N–H and O–H groups in total. The Morgan fingerprint density at radius 3 is 3.00 bits per heavy atom. The van der Waals surface area contributed by atoms with Crippen molar-refractivity contribution >= 4 is 17.4 Å². The van der Waals surface area contributed by atoms with Gasteiger partial charge >= 0.3 is 0 Å². The Morgan fingerprint density at radius 2 is 2.29 bits per heavy atom. The van der Waals surface area contributed by atoms with Crippen LogP contribution in [0.2, 0.25) is 5.02 Å². The van der Waals surface area contributed by atoms with Gasteiger partial charge in [-0.2, -0.15) is 0 Å². The maximum absolute atomic E-state index is 12.2. The molecule has 1 aliphatic rings. The van der Waals surface area contributed by atoms with Crippen LogP contribution in [0.5, 0.6) is 5.75 Å². The lowest BCUT2D eigenvalue weighted by Crippen LogP contribution is -2.07. The van der Waals surface area contributed by atoms with E-state index >= 15 is 0 Å². The van der Waals surface area contributed by atoms with Gasteiger partial charge in [0.1, 0.15) is 5.75 Å². The smallest absolute Gasteiger partial charge is 0.166 e. The van der Waals surface area contributed by atoms with Crippen molar-refractivity contribution in [3.63, 3.8) is 0 Å². The third-order valence-electron chi connectivity index (χ3n) is 3.28. The standard InChI is InChI=1S/C14H17ClO2/c1-3-9(2)6-13(16)12-8-11(15)7-10-4-5-17-14(10)12/h7-9H,3-6H2,1-2H3. The van der Waals surface area contributed by atoms with Crippen LogP contribution in [0.15, 0.2) is 12.1 Å². The van der Waals surface area contributed by atoms with Gasteiger partial charge in [-0.25, -0.2) is 0 Å². The van der Waals surface area contributed by atoms with Gasteiger partial charge < -0.3 is 4.74 Å². The van der Waals surface area contributed by atoms with E-state index in [1.807, 2.05) is 6.07 Å². The van der Waals surface area contributed by atoms with Crippen LogP contribution in [0.3, 0.4) is 0 Å². The van der Waals surface area contributed by atoms with Crippen molar-refractivity contribution in [3.8, 4) is 5.75 Å². The zero-order valence-corrected chi connectivity index (χ0v) is 11.0. The van der Waals surface area contributed by atoms with E-state index in [9.17, 15) is 4.79 Å². The first-order chi connectivity index (χ1) is 8.11. The highest BCUT2D eigenvalue weighted by molar-refractivity contribution is 6.31. The maximum atomic E-state index is 12.2. The minimum absolute atomic E-state index is 0.139. The van der Waals surface area contributed by atoms with Crippen LogP contribution in [0.4, 0.5) is 0 Å². The Balaban J connectivity index is 2.29. The third-order valence-corrected chi connectivity index (χ3v) is 3.50. The molecule has 2 rings (SSSR count). The van der Waals surface area contributed by atoms with Gasteiger partial charge in [0, 0.05) is 17.9 Å². The van der Waals surface area contributed by atoms with Crippen molar-refractivity contribution in [2.24, 2.45) is 5.92 Å². The van der Waals surface area contributed by atoms with Gasteiger partial charge in [0.25, 0.3) is 0 Å². The Morgan fingerprint density at radius 1 is 1.53 bits per heavy atom. The summed E-state index contributed by atoms with van der Waals surface area (Å²) in [5.41, 5.74) is 1.72. The van der Waals surface area contributed by atoms with Gasteiger partial charge in [0.05, 0.1) is 12.2 Å². The van der Waals surface area contributed by atoms with Crippen LogP contribution in [0.1, 0.15) is 42.6 Å². The van der Waals surface area contributed by atoms with Crippen molar-refractivity contribution < 1.29 is 9.53 Å². The first-order valence-corrected chi connectivity index (χ1v) is 6.48. The molecular weight excluding hydrogens is 236 g/mol. The van der Waals surface area contributed by atoms with Crippen molar-refractivity contribution in [3.05, 3.63) is 28.3 Å². The summed E-state index contributed by atoms with van der Waals surface area (Å²) in [5.74, 6) is 1.29. The van der Waals surface area contributed by atoms with Gasteiger partial charge in [0.2, 0.25) is 0 Å². The van der Waals surface area contributed by atoms with Crippen LogP contribution in [-0.2, 0) is 6.42 Å². The van der Waals surface area contributed by atoms with Gasteiger partial charge in [0.15, 0.2) is 5.78 Å². The number of benzene rings is 1. The number of halogens is 1. The molecule has 92 valence electrons. The highest BCUT2D eigenvalue weighted by Crippen LogP contribution is 2.34. The van der Waals surface area contributed by atoms with E-state index in [0.717, 1.165) is 24.2 Å². The molecule has 1 aliphatic heterocycles. The van der Waals surface area contributed by atoms with Crippen molar-refractivity contribution in [2.45, 2.75) is 33.1 Å². The zero-order valence-electron chi connectivity index (χ0n) is 10.3. The third kappa shape index (κ3) is 2.63. The number of Topliss-reactive ketones (excluding diaryl/α,β-unsaturated/α-hetero) is 1. The van der Waals surface area contributed by atoms with Crippen LogP contribution < -0.4 is 4.74 Å². The quantitative estimate of drug-likeness (QED) is 0.760. The summed E-state index contributed by atoms with van der Waals surface area (Å²) in [5, 5.41) is 0.627. The number of hydrogen-bond donors (Lipinski definition) is 0. The molecule has 2 nitrogen and oxygen atoms in total. The number of ketones is 1. The van der Waals surface area contributed by atoms with Crippen molar-refractivity contribution in [2.75, 3.05) is 6.61 Å². The minimum atomic E-state index is 0.139. The van der Waals surface area contributed by atoms with Crippen LogP contribution in [0.25, 0.3) is 0 Å². The van der Waals surface area contributed by atoms with E-state index in [2.05, 4.69) is 13.8 Å². The molecule has 0 saturated heterocycles. The van der Waals surface area contributed by atoms with Crippen molar-refractivity contribution in [1.82, 2.24) is 0 Å². The maximum Gasteiger partial charge on any atom is 0.166 e. The number of carbonyl (C=O) groups is 1. The summed E-state index contributed by atoms with van der Waals surface area (Å²) in [6, 6.07) is 3.63. The molecule has 0 spiro atoms. The molecule has 0 bridgehead atoms. The van der Waals surface area contributed by atoms with E-state index < -0.39 is 0 Å². The fourth-order valence-electron chi connectivity index (χ4n) is 2.05. The Bertz CT molecular complexity index is 440. The molecule has 1 aromatic rings. The summed E-state index contributed by atoms with van der Waals surface area (Å²) in [4.78, 5) is 12.2. The summed E-state index contributed by atoms with van der Waals surface area (Å²) in [6.45, 7) is 4.83. The zero-order chi connectivity index (χ0) is 12.4. The molecule has 0 fully saturated rings. The van der Waals surface area contributed by atoms with E-state index in [1.54, 1.807) is 6.07 Å². The molecule has 1 unspecified atom stereocenters. The number of ether oxygens (including phenoxy) is 1. The van der Waals surface area contributed by atoms with Gasteiger partial charge in [-0.1, -0.05) is 31.9 Å². The Labute approximate surface area is 107 Å². The number of carbonyl (C=O) groups excluding carboxylic acids is 1. The molecule has 0 saturated carbocycles. The number of fused-ring (bicyclic) bond motifs is 1. The summed E-state index contributed by atoms with van der Waals surface area (Å²) >= 11 is 6.04. The highest BCUT2D eigenvalue weighted by atomic mass is 35.5. The van der Waals surface area contributed by atoms with Gasteiger partial charge in [-0.05, 0) is 23.6 Å². The predicted octanol–water partition coefficient (Wildman–Crippen LogP) is 3.89. The van der Waals surface area contributed by atoms with Crippen LogP contribution in [0, 0.1) is 5.92 Å². The highest BCUT2D eigenvalue weighted by Gasteiger charge is 2.22. The summed E-state index contributed by atoms with van der Waals surface area (Å²) in [7, 11) is 0. The molecule has 0 aromatic heterocycles. The Kier molecular flexibility index (Phi) is 3.72. The fraction of sp³-hybridized carbons (Fsp3) is 0.500. The minimum Gasteiger partial charge on any atom is -0.492 e. The second-order valence-electron chi connectivity index (χ2n) is 4.68. The summed E-state index contributed by atoms with van der Waals surface area (Å²) in [6.07, 6.45) is 2.42. The molecule has 3 heteroatoms. The van der Waals surface area contributed by atoms with E-state index in [-0.39, 0.29) is 5.78 Å². The predicted molar refractivity (Wildman–Crippen MR) is 69.1 cm³/mol. The SMILES string of the molecule is CCC(C)CC(=O)c1cc(Cl)cc2c1OCC2. The van der Waals surface area contributed by atoms with Gasteiger partial charge in [-0.15, -0.1) is 0 Å². The number of rotatable bonds is 4. The lowest BCUT2D eigenvalue weighted by Gasteiger charge is -2.11. The van der Waals surface area contributed by atoms with Crippen LogP contribution >= 0.6 is 11.6 Å². The second kappa shape index (κ2) is 5.09. The average Bonchev–Trinajstić information content (AvgIpc) is 2.75. The molecule has 1 atom stereocenters. The molecule has 0 amide bonds. The van der Waals surface area contributed by atoms with Gasteiger partial charge in [-0.3, -0.25) is 4.79 Å². The Hall–Kier alpha value is -1.02.